The van der Waals surface area contributed by atoms with Crippen LogP contribution >= 0.6 is 0 Å². The molecule has 26 heavy (non-hydrogen) atoms. The highest BCUT2D eigenvalue weighted by Crippen LogP contribution is 2.25. The number of amides is 1. The van der Waals surface area contributed by atoms with E-state index in [1.54, 1.807) is 7.11 Å². The first-order valence-corrected chi connectivity index (χ1v) is 9.21. The first-order chi connectivity index (χ1) is 12.6. The van der Waals surface area contributed by atoms with Crippen LogP contribution in [0.5, 0.6) is 0 Å². The van der Waals surface area contributed by atoms with Crippen molar-refractivity contribution in [2.24, 2.45) is 5.92 Å². The third-order valence-corrected chi connectivity index (χ3v) is 4.90. The molecule has 1 amide bonds. The number of pyridine rings is 1. The average Bonchev–Trinajstić information content (AvgIpc) is 2.66. The summed E-state index contributed by atoms with van der Waals surface area (Å²) < 4.78 is 5.02. The van der Waals surface area contributed by atoms with E-state index in [2.05, 4.69) is 25.2 Å². The predicted octanol–water partition coefficient (Wildman–Crippen LogP) is 2.01. The van der Waals surface area contributed by atoms with E-state index >= 15 is 0 Å². The van der Waals surface area contributed by atoms with Crippen LogP contribution in [0.3, 0.4) is 0 Å². The molecule has 7 nitrogen and oxygen atoms in total. The number of aryl methyl sites for hydroxylation is 2. The molecule has 1 aliphatic rings. The second-order valence-corrected chi connectivity index (χ2v) is 6.85. The average molecular weight is 357 g/mol. The molecule has 2 aromatic rings. The Morgan fingerprint density at radius 1 is 1.35 bits per heavy atom. The highest BCUT2D eigenvalue weighted by molar-refractivity contribution is 5.80. The van der Waals surface area contributed by atoms with Crippen LogP contribution in [0.4, 0.5) is 5.69 Å². The summed E-state index contributed by atoms with van der Waals surface area (Å²) in [4.78, 5) is 28.2. The number of nitrogens with one attached hydrogen (secondary N) is 1. The zero-order chi connectivity index (χ0) is 18.5. The van der Waals surface area contributed by atoms with Crippen LogP contribution in [0.25, 0.3) is 11.2 Å². The van der Waals surface area contributed by atoms with E-state index in [1.165, 1.54) is 0 Å². The van der Waals surface area contributed by atoms with Crippen molar-refractivity contribution in [1.29, 1.82) is 0 Å². The van der Waals surface area contributed by atoms with Crippen LogP contribution < -0.4 is 10.2 Å². The minimum atomic E-state index is 0.00725. The molecule has 1 atom stereocenters. The lowest BCUT2D eigenvalue weighted by molar-refractivity contribution is -0.125. The number of carbonyl (C=O) groups is 1. The highest BCUT2D eigenvalue weighted by Gasteiger charge is 2.26. The van der Waals surface area contributed by atoms with Gasteiger partial charge in [-0.1, -0.05) is 0 Å². The summed E-state index contributed by atoms with van der Waals surface area (Å²) in [5.41, 5.74) is 4.30. The lowest BCUT2D eigenvalue weighted by Gasteiger charge is -2.33. The Hall–Kier alpha value is -2.28. The lowest BCUT2D eigenvalue weighted by atomic mass is 9.96. The number of fused-ring (bicyclic) bond motifs is 1. The second kappa shape index (κ2) is 8.40. The number of anilines is 1. The molecule has 0 saturated carbocycles. The molecule has 0 bridgehead atoms. The maximum Gasteiger partial charge on any atom is 0.224 e. The van der Waals surface area contributed by atoms with Gasteiger partial charge in [-0.3, -0.25) is 4.79 Å². The van der Waals surface area contributed by atoms with Crippen molar-refractivity contribution in [1.82, 2.24) is 20.3 Å². The molecular formula is C19H27N5O2. The smallest absolute Gasteiger partial charge is 0.224 e. The maximum atomic E-state index is 12.4. The van der Waals surface area contributed by atoms with E-state index < -0.39 is 0 Å². The Labute approximate surface area is 154 Å². The molecule has 0 spiro atoms. The zero-order valence-corrected chi connectivity index (χ0v) is 15.8. The summed E-state index contributed by atoms with van der Waals surface area (Å²) in [6.45, 7) is 6.87. The van der Waals surface area contributed by atoms with Gasteiger partial charge in [-0.2, -0.15) is 0 Å². The van der Waals surface area contributed by atoms with Crippen molar-refractivity contribution >= 4 is 22.8 Å². The number of aromatic nitrogens is 3. The van der Waals surface area contributed by atoms with Gasteiger partial charge in [0.1, 0.15) is 5.52 Å². The van der Waals surface area contributed by atoms with Gasteiger partial charge in [0.05, 0.1) is 29.2 Å². The van der Waals surface area contributed by atoms with Crippen LogP contribution in [0, 0.1) is 19.8 Å². The Morgan fingerprint density at radius 2 is 2.15 bits per heavy atom. The van der Waals surface area contributed by atoms with Gasteiger partial charge in [-0.25, -0.2) is 15.0 Å². The summed E-state index contributed by atoms with van der Waals surface area (Å²) in [5.74, 6) is 0.138. The Kier molecular flexibility index (Phi) is 5.98. The van der Waals surface area contributed by atoms with Gasteiger partial charge in [-0.15, -0.1) is 0 Å². The number of methoxy groups -OCH3 is 1. The third kappa shape index (κ3) is 4.27. The monoisotopic (exact) mass is 357 g/mol. The van der Waals surface area contributed by atoms with Crippen LogP contribution in [0.2, 0.25) is 0 Å². The van der Waals surface area contributed by atoms with Crippen LogP contribution in [-0.2, 0) is 9.53 Å². The Morgan fingerprint density at radius 3 is 2.96 bits per heavy atom. The van der Waals surface area contributed by atoms with Crippen LogP contribution in [0.1, 0.15) is 30.7 Å². The molecule has 1 N–H and O–H groups in total. The van der Waals surface area contributed by atoms with Gasteiger partial charge in [0, 0.05) is 33.4 Å². The van der Waals surface area contributed by atoms with Gasteiger partial charge in [0.2, 0.25) is 5.91 Å². The van der Waals surface area contributed by atoms with Crippen molar-refractivity contribution in [3.63, 3.8) is 0 Å². The molecule has 1 aliphatic heterocycles. The number of ether oxygens (including phenoxy) is 1. The normalized spacial score (nSPS) is 17.5. The maximum absolute atomic E-state index is 12.4. The molecular weight excluding hydrogens is 330 g/mol. The molecule has 7 heteroatoms. The molecule has 140 valence electrons. The van der Waals surface area contributed by atoms with E-state index in [0.29, 0.717) is 25.3 Å². The predicted molar refractivity (Wildman–Crippen MR) is 101 cm³/mol. The summed E-state index contributed by atoms with van der Waals surface area (Å²) >= 11 is 0. The van der Waals surface area contributed by atoms with Crippen molar-refractivity contribution in [2.75, 3.05) is 38.3 Å². The quantitative estimate of drug-likeness (QED) is 0.797. The van der Waals surface area contributed by atoms with E-state index in [1.807, 2.05) is 26.1 Å². The van der Waals surface area contributed by atoms with Crippen molar-refractivity contribution in [2.45, 2.75) is 33.1 Å². The first-order valence-electron chi connectivity index (χ1n) is 9.21. The third-order valence-electron chi connectivity index (χ3n) is 4.90. The van der Waals surface area contributed by atoms with Crippen LogP contribution in [-0.4, -0.2) is 54.2 Å². The van der Waals surface area contributed by atoms with Crippen molar-refractivity contribution < 1.29 is 9.53 Å². The molecule has 3 rings (SSSR count). The summed E-state index contributed by atoms with van der Waals surface area (Å²) in [5, 5.41) is 3.02. The minimum absolute atomic E-state index is 0.00725. The zero-order valence-electron chi connectivity index (χ0n) is 15.8. The number of carbonyl (C=O) groups excluding carboxylic acids is 1. The van der Waals surface area contributed by atoms with Gasteiger partial charge < -0.3 is 15.0 Å². The number of hydrogen-bond acceptors (Lipinski definition) is 6. The summed E-state index contributed by atoms with van der Waals surface area (Å²) in [7, 11) is 1.67. The lowest BCUT2D eigenvalue weighted by Crippen LogP contribution is -2.43. The SMILES string of the molecule is COCCCNC(=O)[C@@H]1CCCN(c2cnc3nc(C)c(C)nc3c2)C1. The number of rotatable bonds is 6. The standard InChI is InChI=1S/C19H27N5O2/c1-13-14(2)23-18-17(22-13)10-16(11-21-18)24-8-4-6-15(12-24)19(25)20-7-5-9-26-3/h10-11,15H,4-9,12H2,1-3H3,(H,20,25)/t15-/m1/s1. The van der Waals surface area contributed by atoms with Crippen molar-refractivity contribution in [3.05, 3.63) is 23.7 Å². The number of hydrogen-bond donors (Lipinski definition) is 1. The second-order valence-electron chi connectivity index (χ2n) is 6.85. The number of nitrogens with zero attached hydrogens (tertiary/aromatic N) is 4. The van der Waals surface area contributed by atoms with E-state index in [4.69, 9.17) is 4.74 Å². The molecule has 0 aromatic carbocycles. The summed E-state index contributed by atoms with van der Waals surface area (Å²) in [6.07, 6.45) is 4.59. The molecule has 2 aromatic heterocycles. The molecule has 0 radical (unpaired) electrons. The van der Waals surface area contributed by atoms with E-state index in [-0.39, 0.29) is 11.8 Å². The van der Waals surface area contributed by atoms with Gasteiger partial charge in [-0.05, 0) is 39.2 Å². The fourth-order valence-electron chi connectivity index (χ4n) is 3.28. The molecule has 0 aliphatic carbocycles. The highest BCUT2D eigenvalue weighted by atomic mass is 16.5. The van der Waals surface area contributed by atoms with E-state index in [0.717, 1.165) is 48.4 Å². The minimum Gasteiger partial charge on any atom is -0.385 e. The molecule has 1 saturated heterocycles. The first kappa shape index (κ1) is 18.5. The Bertz CT molecular complexity index is 780. The van der Waals surface area contributed by atoms with E-state index in [9.17, 15) is 4.79 Å². The van der Waals surface area contributed by atoms with Crippen molar-refractivity contribution in [3.8, 4) is 0 Å². The Balaban J connectivity index is 1.68. The molecule has 3 heterocycles. The fraction of sp³-hybridized carbons (Fsp3) is 0.579. The van der Waals surface area contributed by atoms with Crippen LogP contribution in [0.15, 0.2) is 12.3 Å². The number of piperidine rings is 1. The topological polar surface area (TPSA) is 80.2 Å². The van der Waals surface area contributed by atoms with Gasteiger partial charge in [0.25, 0.3) is 0 Å². The fourth-order valence-corrected chi connectivity index (χ4v) is 3.28. The van der Waals surface area contributed by atoms with Gasteiger partial charge in [0.15, 0.2) is 5.65 Å². The summed E-state index contributed by atoms with van der Waals surface area (Å²) in [6, 6.07) is 2.03. The molecule has 0 unspecified atom stereocenters. The molecule has 1 fully saturated rings. The van der Waals surface area contributed by atoms with Gasteiger partial charge >= 0.3 is 0 Å². The largest absolute Gasteiger partial charge is 0.385 e.